The van der Waals surface area contributed by atoms with E-state index in [0.717, 1.165) is 5.69 Å². The summed E-state index contributed by atoms with van der Waals surface area (Å²) in [5.41, 5.74) is 1.60. The first kappa shape index (κ1) is 15.7. The van der Waals surface area contributed by atoms with E-state index >= 15 is 0 Å². The SMILES string of the molecule is CCOCC1CC(C(=O)c2ccccc2)N(c2ccccc2)O1. The Kier molecular flexibility index (Phi) is 5.05. The van der Waals surface area contributed by atoms with Crippen molar-refractivity contribution in [2.45, 2.75) is 25.5 Å². The van der Waals surface area contributed by atoms with E-state index in [1.807, 2.05) is 67.6 Å². The van der Waals surface area contributed by atoms with Gasteiger partial charge in [-0.1, -0.05) is 48.5 Å². The van der Waals surface area contributed by atoms with Crippen LogP contribution in [0.2, 0.25) is 0 Å². The van der Waals surface area contributed by atoms with Crippen LogP contribution in [-0.2, 0) is 9.57 Å². The standard InChI is InChI=1S/C19H21NO3/c1-2-22-14-17-13-18(19(21)15-9-5-3-6-10-15)20(23-17)16-11-7-4-8-12-16/h3-12,17-18H,2,13-14H2,1H3. The van der Waals surface area contributed by atoms with Crippen LogP contribution in [-0.4, -0.2) is 31.1 Å². The molecule has 2 unspecified atom stereocenters. The molecule has 1 aliphatic rings. The van der Waals surface area contributed by atoms with Gasteiger partial charge in [-0.2, -0.15) is 0 Å². The summed E-state index contributed by atoms with van der Waals surface area (Å²) in [6.07, 6.45) is 0.524. The molecule has 0 bridgehead atoms. The summed E-state index contributed by atoms with van der Waals surface area (Å²) in [5.74, 6) is 0.0773. The number of hydrogen-bond donors (Lipinski definition) is 0. The third-order valence-electron chi connectivity index (χ3n) is 3.91. The zero-order chi connectivity index (χ0) is 16.1. The molecule has 0 aliphatic carbocycles. The van der Waals surface area contributed by atoms with Crippen molar-refractivity contribution in [2.24, 2.45) is 0 Å². The lowest BCUT2D eigenvalue weighted by Gasteiger charge is -2.24. The number of para-hydroxylation sites is 1. The number of carbonyl (C=O) groups is 1. The van der Waals surface area contributed by atoms with E-state index in [2.05, 4.69) is 0 Å². The summed E-state index contributed by atoms with van der Waals surface area (Å²) < 4.78 is 5.47. The van der Waals surface area contributed by atoms with Crippen molar-refractivity contribution in [1.29, 1.82) is 0 Å². The summed E-state index contributed by atoms with van der Waals surface area (Å²) >= 11 is 0. The highest BCUT2D eigenvalue weighted by Gasteiger charge is 2.38. The molecule has 2 aromatic rings. The fourth-order valence-electron chi connectivity index (χ4n) is 2.79. The topological polar surface area (TPSA) is 38.8 Å². The van der Waals surface area contributed by atoms with Gasteiger partial charge in [-0.3, -0.25) is 9.63 Å². The van der Waals surface area contributed by atoms with E-state index in [-0.39, 0.29) is 17.9 Å². The van der Waals surface area contributed by atoms with Gasteiger partial charge in [-0.15, -0.1) is 0 Å². The molecule has 4 heteroatoms. The molecule has 2 atom stereocenters. The number of carbonyl (C=O) groups excluding carboxylic acids is 1. The Morgan fingerprint density at radius 1 is 1.13 bits per heavy atom. The smallest absolute Gasteiger partial charge is 0.187 e. The van der Waals surface area contributed by atoms with Gasteiger partial charge in [0.25, 0.3) is 0 Å². The van der Waals surface area contributed by atoms with Crippen molar-refractivity contribution < 1.29 is 14.4 Å². The Morgan fingerprint density at radius 2 is 1.78 bits per heavy atom. The maximum Gasteiger partial charge on any atom is 0.187 e. The van der Waals surface area contributed by atoms with Gasteiger partial charge in [0.1, 0.15) is 12.1 Å². The summed E-state index contributed by atoms with van der Waals surface area (Å²) in [6.45, 7) is 3.09. The zero-order valence-electron chi connectivity index (χ0n) is 13.2. The first-order chi connectivity index (χ1) is 11.3. The van der Waals surface area contributed by atoms with Crippen molar-refractivity contribution >= 4 is 11.5 Å². The van der Waals surface area contributed by atoms with Crippen LogP contribution in [0.15, 0.2) is 60.7 Å². The Labute approximate surface area is 136 Å². The number of anilines is 1. The van der Waals surface area contributed by atoms with Gasteiger partial charge in [0.15, 0.2) is 5.78 Å². The molecule has 0 spiro atoms. The number of benzene rings is 2. The number of hydrogen-bond acceptors (Lipinski definition) is 4. The van der Waals surface area contributed by atoms with Gasteiger partial charge >= 0.3 is 0 Å². The fourth-order valence-corrected chi connectivity index (χ4v) is 2.79. The quantitative estimate of drug-likeness (QED) is 0.766. The molecule has 0 aromatic heterocycles. The first-order valence-electron chi connectivity index (χ1n) is 7.97. The lowest BCUT2D eigenvalue weighted by molar-refractivity contribution is 0.00944. The number of ketones is 1. The second kappa shape index (κ2) is 7.40. The molecule has 1 fully saturated rings. The largest absolute Gasteiger partial charge is 0.379 e. The molecule has 1 aliphatic heterocycles. The van der Waals surface area contributed by atoms with Crippen molar-refractivity contribution in [3.05, 3.63) is 66.2 Å². The molecule has 0 N–H and O–H groups in total. The second-order valence-corrected chi connectivity index (χ2v) is 5.53. The van der Waals surface area contributed by atoms with E-state index in [1.165, 1.54) is 0 Å². The molecular weight excluding hydrogens is 290 g/mol. The predicted molar refractivity (Wildman–Crippen MR) is 89.5 cm³/mol. The van der Waals surface area contributed by atoms with E-state index < -0.39 is 0 Å². The first-order valence-corrected chi connectivity index (χ1v) is 7.97. The summed E-state index contributed by atoms with van der Waals surface area (Å²) in [6, 6.07) is 18.8. The Balaban J connectivity index is 1.84. The highest BCUT2D eigenvalue weighted by molar-refractivity contribution is 6.01. The average Bonchev–Trinajstić information content (AvgIpc) is 3.05. The zero-order valence-corrected chi connectivity index (χ0v) is 13.2. The minimum atomic E-state index is -0.328. The van der Waals surface area contributed by atoms with Crippen molar-refractivity contribution in [2.75, 3.05) is 18.3 Å². The molecule has 120 valence electrons. The number of Topliss-reactive ketones (excluding diaryl/α,β-unsaturated/α-hetero) is 1. The molecule has 23 heavy (non-hydrogen) atoms. The van der Waals surface area contributed by atoms with Crippen molar-refractivity contribution in [3.8, 4) is 0 Å². The van der Waals surface area contributed by atoms with E-state index in [4.69, 9.17) is 9.57 Å². The highest BCUT2D eigenvalue weighted by atomic mass is 16.7. The van der Waals surface area contributed by atoms with E-state index in [9.17, 15) is 4.79 Å². The van der Waals surface area contributed by atoms with Crippen molar-refractivity contribution in [3.63, 3.8) is 0 Å². The van der Waals surface area contributed by atoms with Gasteiger partial charge in [0.2, 0.25) is 0 Å². The molecule has 0 amide bonds. The third kappa shape index (κ3) is 3.60. The van der Waals surface area contributed by atoms with Crippen LogP contribution in [0.5, 0.6) is 0 Å². The molecule has 4 nitrogen and oxygen atoms in total. The van der Waals surface area contributed by atoms with Crippen LogP contribution in [0.1, 0.15) is 23.7 Å². The van der Waals surface area contributed by atoms with Gasteiger partial charge in [-0.05, 0) is 19.1 Å². The molecule has 2 aromatic carbocycles. The second-order valence-electron chi connectivity index (χ2n) is 5.53. The third-order valence-corrected chi connectivity index (χ3v) is 3.91. The summed E-state index contributed by atoms with van der Waals surface area (Å²) in [5, 5.41) is 1.74. The molecule has 0 saturated carbocycles. The van der Waals surface area contributed by atoms with Crippen LogP contribution in [0.3, 0.4) is 0 Å². The summed E-state index contributed by atoms with van der Waals surface area (Å²) in [4.78, 5) is 18.9. The Morgan fingerprint density at radius 3 is 2.43 bits per heavy atom. The van der Waals surface area contributed by atoms with Crippen LogP contribution in [0.4, 0.5) is 5.69 Å². The molecular formula is C19H21NO3. The number of nitrogens with zero attached hydrogens (tertiary/aromatic N) is 1. The maximum absolute atomic E-state index is 12.9. The predicted octanol–water partition coefficient (Wildman–Crippen LogP) is 3.48. The van der Waals surface area contributed by atoms with Gasteiger partial charge in [-0.25, -0.2) is 5.06 Å². The summed E-state index contributed by atoms with van der Waals surface area (Å²) in [7, 11) is 0. The fraction of sp³-hybridized carbons (Fsp3) is 0.316. The lowest BCUT2D eigenvalue weighted by atomic mass is 9.99. The van der Waals surface area contributed by atoms with Gasteiger partial charge in [0, 0.05) is 18.6 Å². The minimum absolute atomic E-state index is 0.0773. The minimum Gasteiger partial charge on any atom is -0.379 e. The normalized spacial score (nSPS) is 20.7. The number of ether oxygens (including phenoxy) is 1. The molecule has 0 radical (unpaired) electrons. The monoisotopic (exact) mass is 311 g/mol. The van der Waals surface area contributed by atoms with E-state index in [0.29, 0.717) is 25.2 Å². The number of hydroxylamine groups is 1. The molecule has 3 rings (SSSR count). The highest BCUT2D eigenvalue weighted by Crippen LogP contribution is 2.30. The Hall–Kier alpha value is -2.17. The van der Waals surface area contributed by atoms with Crippen LogP contribution in [0.25, 0.3) is 0 Å². The average molecular weight is 311 g/mol. The Bertz CT molecular complexity index is 630. The van der Waals surface area contributed by atoms with Crippen LogP contribution >= 0.6 is 0 Å². The van der Waals surface area contributed by atoms with Gasteiger partial charge < -0.3 is 4.74 Å². The maximum atomic E-state index is 12.9. The molecule has 1 saturated heterocycles. The van der Waals surface area contributed by atoms with Crippen LogP contribution < -0.4 is 5.06 Å². The molecule has 1 heterocycles. The van der Waals surface area contributed by atoms with Crippen LogP contribution in [0, 0.1) is 0 Å². The van der Waals surface area contributed by atoms with Gasteiger partial charge in [0.05, 0.1) is 12.3 Å². The lowest BCUT2D eigenvalue weighted by Crippen LogP contribution is -2.35. The number of rotatable bonds is 6. The van der Waals surface area contributed by atoms with E-state index in [1.54, 1.807) is 5.06 Å². The van der Waals surface area contributed by atoms with Crippen molar-refractivity contribution in [1.82, 2.24) is 0 Å².